The third-order valence-electron chi connectivity index (χ3n) is 4.03. The Morgan fingerprint density at radius 2 is 1.89 bits per heavy atom. The Kier molecular flexibility index (Phi) is 4.92. The van der Waals surface area contributed by atoms with E-state index in [1.807, 2.05) is 0 Å². The molecule has 8 heteroatoms. The number of rotatable bonds is 1. The van der Waals surface area contributed by atoms with Crippen LogP contribution in [-0.4, -0.2) is 14.1 Å². The second-order valence-electron chi connectivity index (χ2n) is 5.86. The third kappa shape index (κ3) is 3.34. The Hall–Kier alpha value is -3.60. The summed E-state index contributed by atoms with van der Waals surface area (Å²) < 4.78 is 42.5. The number of hydrogen-bond donors (Lipinski definition) is 0. The third-order valence-corrected chi connectivity index (χ3v) is 4.03. The minimum atomic E-state index is -4.84. The summed E-state index contributed by atoms with van der Waals surface area (Å²) in [6.07, 6.45) is -0.624. The van der Waals surface area contributed by atoms with Crippen molar-refractivity contribution in [2.24, 2.45) is 7.05 Å². The lowest BCUT2D eigenvalue weighted by Gasteiger charge is -2.15. The van der Waals surface area contributed by atoms with Crippen molar-refractivity contribution in [2.45, 2.75) is 13.1 Å². The summed E-state index contributed by atoms with van der Waals surface area (Å²) in [5.74, 6) is 4.33. The Balaban J connectivity index is 2.38. The smallest absolute Gasteiger partial charge is 0.296 e. The van der Waals surface area contributed by atoms with E-state index in [-0.39, 0.29) is 10.9 Å². The Morgan fingerprint density at radius 1 is 1.18 bits per heavy atom. The van der Waals surface area contributed by atoms with Gasteiger partial charge in [-0.1, -0.05) is 30.0 Å². The van der Waals surface area contributed by atoms with Crippen LogP contribution < -0.4 is 11.2 Å². The van der Waals surface area contributed by atoms with Gasteiger partial charge in [0.1, 0.15) is 5.56 Å². The van der Waals surface area contributed by atoms with Gasteiger partial charge in [-0.25, -0.2) is 14.3 Å². The molecule has 0 atom stereocenters. The number of hydrogen-bond acceptors (Lipinski definition) is 3. The Morgan fingerprint density at radius 3 is 2.57 bits per heavy atom. The molecule has 0 aliphatic rings. The van der Waals surface area contributed by atoms with Gasteiger partial charge in [-0.15, -0.1) is 0 Å². The van der Waals surface area contributed by atoms with Crippen LogP contribution in [0.2, 0.25) is 0 Å². The molecule has 2 aromatic heterocycles. The van der Waals surface area contributed by atoms with Crippen molar-refractivity contribution < 1.29 is 13.2 Å². The van der Waals surface area contributed by atoms with E-state index in [2.05, 4.69) is 16.8 Å². The first-order valence-electron chi connectivity index (χ1n) is 8.16. The second kappa shape index (κ2) is 7.19. The summed E-state index contributed by atoms with van der Waals surface area (Å²) in [6, 6.07) is 6.96. The fourth-order valence-corrected chi connectivity index (χ4v) is 2.72. The zero-order chi connectivity index (χ0) is 20.5. The molecule has 0 unspecified atom stereocenters. The number of aryl methyl sites for hydroxylation is 1. The van der Waals surface area contributed by atoms with E-state index in [0.29, 0.717) is 10.1 Å². The van der Waals surface area contributed by atoms with Crippen LogP contribution in [0.4, 0.5) is 13.2 Å². The molecule has 1 aromatic carbocycles. The van der Waals surface area contributed by atoms with Crippen LogP contribution >= 0.6 is 0 Å². The first-order valence-corrected chi connectivity index (χ1v) is 8.16. The highest BCUT2D eigenvalue weighted by atomic mass is 19.4. The molecule has 142 valence electrons. The Bertz CT molecular complexity index is 1270. The number of para-hydroxylation sites is 1. The van der Waals surface area contributed by atoms with Gasteiger partial charge in [0.15, 0.2) is 5.82 Å². The molecule has 0 amide bonds. The number of fused-ring (bicyclic) bond motifs is 1. The number of halogens is 3. The van der Waals surface area contributed by atoms with Crippen molar-refractivity contribution in [2.75, 3.05) is 0 Å². The van der Waals surface area contributed by atoms with E-state index in [1.165, 1.54) is 19.2 Å². The SMILES string of the molecule is C/C=C/C#Cc1cnc(-n2c(=O)c3ccccc3n(C)c2=O)c(C(F)(F)F)c1. The number of pyridine rings is 1. The lowest BCUT2D eigenvalue weighted by molar-refractivity contribution is -0.137. The van der Waals surface area contributed by atoms with E-state index >= 15 is 0 Å². The molecule has 0 saturated heterocycles. The molecule has 0 spiro atoms. The van der Waals surface area contributed by atoms with E-state index in [4.69, 9.17) is 0 Å². The van der Waals surface area contributed by atoms with Crippen LogP contribution in [0.25, 0.3) is 16.7 Å². The highest BCUT2D eigenvalue weighted by molar-refractivity contribution is 5.78. The van der Waals surface area contributed by atoms with Gasteiger partial charge >= 0.3 is 11.9 Å². The van der Waals surface area contributed by atoms with Crippen molar-refractivity contribution in [1.29, 1.82) is 0 Å². The topological polar surface area (TPSA) is 56.9 Å². The van der Waals surface area contributed by atoms with E-state index < -0.39 is 28.8 Å². The lowest BCUT2D eigenvalue weighted by Crippen LogP contribution is -2.39. The van der Waals surface area contributed by atoms with Crippen LogP contribution in [0.15, 0.2) is 58.3 Å². The quantitative estimate of drug-likeness (QED) is 0.605. The highest BCUT2D eigenvalue weighted by Gasteiger charge is 2.36. The first-order chi connectivity index (χ1) is 13.3. The van der Waals surface area contributed by atoms with Gasteiger partial charge in [-0.3, -0.25) is 9.36 Å². The van der Waals surface area contributed by atoms with Gasteiger partial charge in [0.05, 0.1) is 10.9 Å². The molecule has 0 saturated carbocycles. The van der Waals surface area contributed by atoms with Gasteiger partial charge in [0.25, 0.3) is 5.56 Å². The maximum Gasteiger partial charge on any atom is 0.420 e. The van der Waals surface area contributed by atoms with Crippen LogP contribution in [-0.2, 0) is 13.2 Å². The molecule has 0 bridgehead atoms. The molecule has 0 N–H and O–H groups in total. The largest absolute Gasteiger partial charge is 0.420 e. The molecule has 0 aliphatic heterocycles. The van der Waals surface area contributed by atoms with Crippen molar-refractivity contribution in [1.82, 2.24) is 14.1 Å². The molecular formula is C20H14F3N3O2. The molecular weight excluding hydrogens is 371 g/mol. The zero-order valence-electron chi connectivity index (χ0n) is 14.9. The number of alkyl halides is 3. The Labute approximate surface area is 157 Å². The summed E-state index contributed by atoms with van der Waals surface area (Å²) in [6.45, 7) is 1.72. The normalized spacial score (nSPS) is 11.6. The van der Waals surface area contributed by atoms with E-state index in [0.717, 1.165) is 16.8 Å². The number of nitrogens with zero attached hydrogens (tertiary/aromatic N) is 3. The van der Waals surface area contributed by atoms with Gasteiger partial charge in [-0.2, -0.15) is 13.2 Å². The molecule has 0 fully saturated rings. The lowest BCUT2D eigenvalue weighted by atomic mass is 10.1. The van der Waals surface area contributed by atoms with Gasteiger partial charge in [-0.05, 0) is 31.2 Å². The average molecular weight is 385 g/mol. The van der Waals surface area contributed by atoms with E-state index in [9.17, 15) is 22.8 Å². The second-order valence-corrected chi connectivity index (χ2v) is 5.86. The molecule has 28 heavy (non-hydrogen) atoms. The number of allylic oxidation sites excluding steroid dienone is 2. The molecule has 3 rings (SSSR count). The van der Waals surface area contributed by atoms with Crippen LogP contribution in [0.5, 0.6) is 0 Å². The fourth-order valence-electron chi connectivity index (χ4n) is 2.72. The molecule has 5 nitrogen and oxygen atoms in total. The van der Waals surface area contributed by atoms with Crippen molar-refractivity contribution in [3.8, 4) is 17.7 Å². The minimum Gasteiger partial charge on any atom is -0.296 e. The number of benzene rings is 1. The maximum absolute atomic E-state index is 13.7. The first kappa shape index (κ1) is 19.2. The van der Waals surface area contributed by atoms with Crippen LogP contribution in [0.3, 0.4) is 0 Å². The molecule has 0 radical (unpaired) electrons. The van der Waals surface area contributed by atoms with Crippen molar-refractivity contribution >= 4 is 10.9 Å². The van der Waals surface area contributed by atoms with Gasteiger partial charge < -0.3 is 0 Å². The summed E-state index contributed by atoms with van der Waals surface area (Å²) in [5, 5.41) is 0.108. The maximum atomic E-state index is 13.7. The van der Waals surface area contributed by atoms with Crippen molar-refractivity contribution in [3.05, 3.63) is 80.6 Å². The minimum absolute atomic E-state index is 0.0137. The van der Waals surface area contributed by atoms with Crippen LogP contribution in [0, 0.1) is 11.8 Å². The predicted molar refractivity (Wildman–Crippen MR) is 99.3 cm³/mol. The van der Waals surface area contributed by atoms with E-state index in [1.54, 1.807) is 31.2 Å². The monoisotopic (exact) mass is 385 g/mol. The zero-order valence-corrected chi connectivity index (χ0v) is 14.9. The fraction of sp³-hybridized carbons (Fsp3) is 0.150. The predicted octanol–water partition coefficient (Wildman–Crippen LogP) is 3.03. The summed E-state index contributed by atoms with van der Waals surface area (Å²) >= 11 is 0. The molecule has 0 aliphatic carbocycles. The standard InChI is InChI=1S/C20H14F3N3O2/c1-3-4-5-8-13-11-15(20(21,22)23)17(24-12-13)26-18(27)14-9-6-7-10-16(14)25(2)19(26)28/h3-4,6-7,9-12H,1-2H3/b4-3+. The highest BCUT2D eigenvalue weighted by Crippen LogP contribution is 2.32. The average Bonchev–Trinajstić information content (AvgIpc) is 2.66. The summed E-state index contributed by atoms with van der Waals surface area (Å²) in [5.41, 5.74) is -2.68. The van der Waals surface area contributed by atoms with Gasteiger partial charge in [0.2, 0.25) is 0 Å². The van der Waals surface area contributed by atoms with Crippen molar-refractivity contribution in [3.63, 3.8) is 0 Å². The molecule has 3 aromatic rings. The van der Waals surface area contributed by atoms with Gasteiger partial charge in [0, 0.05) is 18.8 Å². The summed E-state index contributed by atoms with van der Waals surface area (Å²) in [7, 11) is 1.38. The number of aromatic nitrogens is 3. The summed E-state index contributed by atoms with van der Waals surface area (Å²) in [4.78, 5) is 29.2. The van der Waals surface area contributed by atoms with Crippen LogP contribution in [0.1, 0.15) is 18.1 Å². The molecule has 2 heterocycles.